The number of nitrogens with two attached hydrogens (primary N) is 1. The van der Waals surface area contributed by atoms with Crippen LogP contribution in [-0.2, 0) is 0 Å². The lowest BCUT2D eigenvalue weighted by molar-refractivity contribution is 0.114. The van der Waals surface area contributed by atoms with E-state index >= 15 is 0 Å². The Kier molecular flexibility index (Phi) is 4.87. The fourth-order valence-electron chi connectivity index (χ4n) is 2.38. The van der Waals surface area contributed by atoms with Gasteiger partial charge >= 0.3 is 0 Å². The maximum Gasteiger partial charge on any atom is 0.0486 e. The van der Waals surface area contributed by atoms with Crippen LogP contribution in [0.2, 0.25) is 10.0 Å². The molecule has 1 atom stereocenters. The molecule has 18 heavy (non-hydrogen) atoms. The minimum Gasteiger partial charge on any atom is -0.329 e. The molecule has 1 fully saturated rings. The van der Waals surface area contributed by atoms with E-state index in [2.05, 4.69) is 16.8 Å². The maximum absolute atomic E-state index is 6.27. The van der Waals surface area contributed by atoms with Gasteiger partial charge in [0, 0.05) is 48.8 Å². The fourth-order valence-corrected chi connectivity index (χ4v) is 2.80. The zero-order valence-corrected chi connectivity index (χ0v) is 12.1. The van der Waals surface area contributed by atoms with E-state index in [4.69, 9.17) is 28.9 Å². The maximum atomic E-state index is 6.27. The molecule has 1 aromatic carbocycles. The predicted molar refractivity (Wildman–Crippen MR) is 77.3 cm³/mol. The first-order valence-corrected chi connectivity index (χ1v) is 6.95. The smallest absolute Gasteiger partial charge is 0.0486 e. The molecule has 1 unspecified atom stereocenters. The molecule has 1 saturated heterocycles. The van der Waals surface area contributed by atoms with Crippen molar-refractivity contribution in [1.29, 1.82) is 0 Å². The lowest BCUT2D eigenvalue weighted by Crippen LogP contribution is -2.47. The van der Waals surface area contributed by atoms with E-state index in [1.54, 1.807) is 0 Å². The molecular weight excluding hydrogens is 269 g/mol. The second kappa shape index (κ2) is 6.22. The third kappa shape index (κ3) is 3.16. The van der Waals surface area contributed by atoms with Crippen LogP contribution in [0, 0.1) is 0 Å². The molecule has 0 bridgehead atoms. The number of hydrogen-bond donors (Lipinski definition) is 1. The van der Waals surface area contributed by atoms with Gasteiger partial charge in [0.25, 0.3) is 0 Å². The Morgan fingerprint density at radius 3 is 2.50 bits per heavy atom. The van der Waals surface area contributed by atoms with Crippen molar-refractivity contribution in [1.82, 2.24) is 9.80 Å². The molecule has 0 amide bonds. The molecule has 0 spiro atoms. The number of benzene rings is 1. The minimum absolute atomic E-state index is 0.157. The van der Waals surface area contributed by atoms with E-state index in [1.165, 1.54) is 0 Å². The normalized spacial score (nSPS) is 20.0. The van der Waals surface area contributed by atoms with Gasteiger partial charge in [-0.05, 0) is 30.8 Å². The van der Waals surface area contributed by atoms with Crippen LogP contribution in [-0.4, -0.2) is 49.6 Å². The monoisotopic (exact) mass is 287 g/mol. The van der Waals surface area contributed by atoms with E-state index in [1.807, 2.05) is 18.2 Å². The molecule has 3 nitrogen and oxygen atoms in total. The number of piperazine rings is 1. The highest BCUT2D eigenvalue weighted by atomic mass is 35.5. The number of likely N-dealkylation sites (N-methyl/N-ethyl adjacent to an activating group) is 1. The van der Waals surface area contributed by atoms with Gasteiger partial charge in [-0.2, -0.15) is 0 Å². The van der Waals surface area contributed by atoms with Crippen molar-refractivity contribution in [2.45, 2.75) is 6.04 Å². The van der Waals surface area contributed by atoms with Crippen molar-refractivity contribution in [2.24, 2.45) is 5.73 Å². The first kappa shape index (κ1) is 14.1. The number of hydrogen-bond acceptors (Lipinski definition) is 3. The molecule has 5 heteroatoms. The summed E-state index contributed by atoms with van der Waals surface area (Å²) in [5.41, 5.74) is 6.97. The molecule has 1 heterocycles. The van der Waals surface area contributed by atoms with Crippen LogP contribution in [0.5, 0.6) is 0 Å². The molecule has 0 aromatic heterocycles. The van der Waals surface area contributed by atoms with Crippen LogP contribution in [0.25, 0.3) is 0 Å². The Hall–Kier alpha value is -0.320. The average molecular weight is 288 g/mol. The van der Waals surface area contributed by atoms with E-state index in [0.717, 1.165) is 36.8 Å². The molecule has 1 aromatic rings. The SMILES string of the molecule is CN1CCN(C(CN)c2cc(Cl)ccc2Cl)CC1. The van der Waals surface area contributed by atoms with Crippen molar-refractivity contribution in [3.05, 3.63) is 33.8 Å². The zero-order chi connectivity index (χ0) is 13.1. The highest BCUT2D eigenvalue weighted by molar-refractivity contribution is 6.33. The fraction of sp³-hybridized carbons (Fsp3) is 0.538. The van der Waals surface area contributed by atoms with Gasteiger partial charge in [-0.3, -0.25) is 4.90 Å². The van der Waals surface area contributed by atoms with Gasteiger partial charge < -0.3 is 10.6 Å². The van der Waals surface area contributed by atoms with Crippen molar-refractivity contribution in [3.8, 4) is 0 Å². The summed E-state index contributed by atoms with van der Waals surface area (Å²) < 4.78 is 0. The van der Waals surface area contributed by atoms with Gasteiger partial charge in [0.1, 0.15) is 0 Å². The van der Waals surface area contributed by atoms with Crippen molar-refractivity contribution in [3.63, 3.8) is 0 Å². The summed E-state index contributed by atoms with van der Waals surface area (Å²) in [6.45, 7) is 4.72. The van der Waals surface area contributed by atoms with Crippen LogP contribution in [0.1, 0.15) is 11.6 Å². The second-order valence-corrected chi connectivity index (χ2v) is 5.60. The number of nitrogens with zero attached hydrogens (tertiary/aromatic N) is 2. The Morgan fingerprint density at radius 1 is 1.22 bits per heavy atom. The molecule has 0 radical (unpaired) electrons. The van der Waals surface area contributed by atoms with Crippen LogP contribution < -0.4 is 5.73 Å². The number of halogens is 2. The standard InChI is InChI=1S/C13H19Cl2N3/c1-17-4-6-18(7-5-17)13(9-16)11-8-10(14)2-3-12(11)15/h2-3,8,13H,4-7,9,16H2,1H3. The van der Waals surface area contributed by atoms with E-state index in [-0.39, 0.29) is 6.04 Å². The summed E-state index contributed by atoms with van der Waals surface area (Å²) in [4.78, 5) is 4.71. The first-order valence-electron chi connectivity index (χ1n) is 6.19. The minimum atomic E-state index is 0.157. The van der Waals surface area contributed by atoms with Crippen molar-refractivity contribution >= 4 is 23.2 Å². The summed E-state index contributed by atoms with van der Waals surface area (Å²) in [6, 6.07) is 5.74. The van der Waals surface area contributed by atoms with Gasteiger partial charge in [0.05, 0.1) is 0 Å². The molecule has 2 N–H and O–H groups in total. The van der Waals surface area contributed by atoms with E-state index in [9.17, 15) is 0 Å². The second-order valence-electron chi connectivity index (χ2n) is 4.76. The Balaban J connectivity index is 2.19. The lowest BCUT2D eigenvalue weighted by atomic mass is 10.0. The molecule has 1 aliphatic heterocycles. The third-order valence-corrected chi connectivity index (χ3v) is 4.10. The molecule has 100 valence electrons. The largest absolute Gasteiger partial charge is 0.329 e. The van der Waals surface area contributed by atoms with Gasteiger partial charge in [-0.1, -0.05) is 23.2 Å². The summed E-state index contributed by atoms with van der Waals surface area (Å²) in [6.07, 6.45) is 0. The molecule has 2 rings (SSSR count). The van der Waals surface area contributed by atoms with Gasteiger partial charge in [0.2, 0.25) is 0 Å². The number of rotatable bonds is 3. The first-order chi connectivity index (χ1) is 8.61. The Bertz CT molecular complexity index is 403. The van der Waals surface area contributed by atoms with Gasteiger partial charge in [0.15, 0.2) is 0 Å². The molecule has 0 saturated carbocycles. The van der Waals surface area contributed by atoms with Crippen LogP contribution in [0.3, 0.4) is 0 Å². The summed E-state index contributed by atoms with van der Waals surface area (Å²) in [7, 11) is 2.14. The van der Waals surface area contributed by atoms with Gasteiger partial charge in [-0.25, -0.2) is 0 Å². The topological polar surface area (TPSA) is 32.5 Å². The van der Waals surface area contributed by atoms with E-state index < -0.39 is 0 Å². The lowest BCUT2D eigenvalue weighted by Gasteiger charge is -2.38. The Morgan fingerprint density at radius 2 is 1.89 bits per heavy atom. The Labute approximate surface area is 118 Å². The summed E-state index contributed by atoms with van der Waals surface area (Å²) in [5, 5.41) is 1.45. The van der Waals surface area contributed by atoms with Crippen molar-refractivity contribution < 1.29 is 0 Å². The van der Waals surface area contributed by atoms with Gasteiger partial charge in [-0.15, -0.1) is 0 Å². The highest BCUT2D eigenvalue weighted by Gasteiger charge is 2.24. The highest BCUT2D eigenvalue weighted by Crippen LogP contribution is 2.30. The molecule has 0 aliphatic carbocycles. The summed E-state index contributed by atoms with van der Waals surface area (Å²) >= 11 is 12.3. The third-order valence-electron chi connectivity index (χ3n) is 3.52. The predicted octanol–water partition coefficient (Wildman–Crippen LogP) is 2.24. The molecule has 1 aliphatic rings. The quantitative estimate of drug-likeness (QED) is 0.926. The van der Waals surface area contributed by atoms with Crippen LogP contribution in [0.15, 0.2) is 18.2 Å². The molecular formula is C13H19Cl2N3. The zero-order valence-electron chi connectivity index (χ0n) is 10.6. The van der Waals surface area contributed by atoms with Crippen LogP contribution >= 0.6 is 23.2 Å². The average Bonchev–Trinajstić information content (AvgIpc) is 2.37. The van der Waals surface area contributed by atoms with Crippen LogP contribution in [0.4, 0.5) is 0 Å². The van der Waals surface area contributed by atoms with Crippen molar-refractivity contribution in [2.75, 3.05) is 39.8 Å². The summed E-state index contributed by atoms with van der Waals surface area (Å²) in [5.74, 6) is 0. The van der Waals surface area contributed by atoms with E-state index in [0.29, 0.717) is 11.6 Å².